The van der Waals surface area contributed by atoms with E-state index in [-0.39, 0.29) is 12.5 Å². The molecule has 0 aromatic heterocycles. The summed E-state index contributed by atoms with van der Waals surface area (Å²) in [4.78, 5) is 14.0. The van der Waals surface area contributed by atoms with Crippen LogP contribution in [0.2, 0.25) is 0 Å². The molecule has 0 bridgehead atoms. The number of hydrogen-bond donors (Lipinski definition) is 1. The van der Waals surface area contributed by atoms with Gasteiger partial charge in [0.05, 0.1) is 12.2 Å². The van der Waals surface area contributed by atoms with Gasteiger partial charge in [-0.25, -0.2) is 4.39 Å². The summed E-state index contributed by atoms with van der Waals surface area (Å²) < 4.78 is 23.9. The molecule has 0 radical (unpaired) electrons. The van der Waals surface area contributed by atoms with E-state index in [9.17, 15) is 9.18 Å². The van der Waals surface area contributed by atoms with Crippen LogP contribution in [0.1, 0.15) is 0 Å². The van der Waals surface area contributed by atoms with Crippen LogP contribution in [-0.2, 0) is 4.79 Å². The van der Waals surface area contributed by atoms with Gasteiger partial charge in [0.1, 0.15) is 23.9 Å². The molecule has 0 saturated carbocycles. The first-order valence-corrected chi connectivity index (χ1v) is 7.28. The van der Waals surface area contributed by atoms with Crippen molar-refractivity contribution in [2.24, 2.45) is 0 Å². The number of nitrogens with zero attached hydrogens (tertiary/aromatic N) is 1. The van der Waals surface area contributed by atoms with Crippen molar-refractivity contribution >= 4 is 17.3 Å². The predicted molar refractivity (Wildman–Crippen MR) is 85.7 cm³/mol. The maximum atomic E-state index is 13.0. The topological polar surface area (TPSA) is 50.8 Å². The highest BCUT2D eigenvalue weighted by Crippen LogP contribution is 2.33. The van der Waals surface area contributed by atoms with Crippen LogP contribution in [0, 0.1) is 5.82 Å². The number of nitrogens with one attached hydrogen (secondary N) is 1. The summed E-state index contributed by atoms with van der Waals surface area (Å²) in [5.41, 5.74) is 1.59. The van der Waals surface area contributed by atoms with Crippen molar-refractivity contribution in [3.8, 4) is 11.5 Å². The first kappa shape index (κ1) is 15.1. The van der Waals surface area contributed by atoms with Gasteiger partial charge < -0.3 is 19.7 Å². The van der Waals surface area contributed by atoms with Gasteiger partial charge in [0.25, 0.3) is 5.91 Å². The van der Waals surface area contributed by atoms with Crippen molar-refractivity contribution in [2.45, 2.75) is 0 Å². The number of amides is 1. The highest BCUT2D eigenvalue weighted by atomic mass is 19.1. The van der Waals surface area contributed by atoms with Crippen LogP contribution in [0.15, 0.2) is 42.5 Å². The van der Waals surface area contributed by atoms with Gasteiger partial charge in [-0.3, -0.25) is 4.79 Å². The Bertz CT molecular complexity index is 721. The lowest BCUT2D eigenvalue weighted by Crippen LogP contribution is -2.29. The summed E-state index contributed by atoms with van der Waals surface area (Å²) in [6, 6.07) is 11.1. The molecule has 1 N–H and O–H groups in total. The van der Waals surface area contributed by atoms with Crippen LogP contribution in [0.4, 0.5) is 15.8 Å². The zero-order valence-electron chi connectivity index (χ0n) is 12.7. The van der Waals surface area contributed by atoms with Crippen molar-refractivity contribution in [1.82, 2.24) is 0 Å². The predicted octanol–water partition coefficient (Wildman–Crippen LogP) is 2.67. The zero-order valence-corrected chi connectivity index (χ0v) is 12.7. The van der Waals surface area contributed by atoms with Gasteiger partial charge >= 0.3 is 0 Å². The highest BCUT2D eigenvalue weighted by Gasteiger charge is 2.15. The van der Waals surface area contributed by atoms with Crippen LogP contribution in [-0.4, -0.2) is 32.7 Å². The second-order valence-corrected chi connectivity index (χ2v) is 5.25. The van der Waals surface area contributed by atoms with Gasteiger partial charge in [0.2, 0.25) is 0 Å². The molecule has 1 amide bonds. The van der Waals surface area contributed by atoms with Crippen LogP contribution >= 0.6 is 0 Å². The smallest absolute Gasteiger partial charge is 0.262 e. The third-order valence-electron chi connectivity index (χ3n) is 3.50. The van der Waals surface area contributed by atoms with Crippen LogP contribution in [0.3, 0.4) is 0 Å². The Morgan fingerprint density at radius 1 is 1.35 bits per heavy atom. The SMILES string of the molecule is CN1CCOc2ccc(NC(=O)COc3cccc(F)c3)cc21. The van der Waals surface area contributed by atoms with E-state index in [4.69, 9.17) is 9.47 Å². The fourth-order valence-electron chi connectivity index (χ4n) is 2.33. The second-order valence-electron chi connectivity index (χ2n) is 5.25. The molecular weight excluding hydrogens is 299 g/mol. The molecule has 0 saturated heterocycles. The van der Waals surface area contributed by atoms with E-state index in [0.717, 1.165) is 18.0 Å². The lowest BCUT2D eigenvalue weighted by molar-refractivity contribution is -0.118. The van der Waals surface area contributed by atoms with E-state index in [1.807, 2.05) is 19.2 Å². The van der Waals surface area contributed by atoms with E-state index >= 15 is 0 Å². The van der Waals surface area contributed by atoms with Crippen molar-refractivity contribution in [2.75, 3.05) is 37.0 Å². The third-order valence-corrected chi connectivity index (χ3v) is 3.50. The molecule has 0 spiro atoms. The average Bonchev–Trinajstić information content (AvgIpc) is 2.54. The Morgan fingerprint density at radius 2 is 2.22 bits per heavy atom. The Morgan fingerprint density at radius 3 is 3.04 bits per heavy atom. The summed E-state index contributed by atoms with van der Waals surface area (Å²) in [5.74, 6) is 0.403. The standard InChI is InChI=1S/C17H17FN2O3/c1-20-7-8-22-16-6-5-13(10-15(16)20)19-17(21)11-23-14-4-2-3-12(18)9-14/h2-6,9-10H,7-8,11H2,1H3,(H,19,21). The monoisotopic (exact) mass is 316 g/mol. The lowest BCUT2D eigenvalue weighted by Gasteiger charge is -2.28. The number of fused-ring (bicyclic) bond motifs is 1. The number of benzene rings is 2. The maximum Gasteiger partial charge on any atom is 0.262 e. The Balaban J connectivity index is 1.61. The molecule has 5 nitrogen and oxygen atoms in total. The quantitative estimate of drug-likeness (QED) is 0.942. The highest BCUT2D eigenvalue weighted by molar-refractivity contribution is 5.92. The van der Waals surface area contributed by atoms with E-state index in [0.29, 0.717) is 18.0 Å². The number of carbonyl (C=O) groups is 1. The van der Waals surface area contributed by atoms with Crippen molar-refractivity contribution in [3.63, 3.8) is 0 Å². The minimum absolute atomic E-state index is 0.188. The van der Waals surface area contributed by atoms with E-state index in [1.165, 1.54) is 18.2 Å². The number of likely N-dealkylation sites (N-methyl/N-ethyl adjacent to an activating group) is 1. The minimum Gasteiger partial charge on any atom is -0.490 e. The summed E-state index contributed by atoms with van der Waals surface area (Å²) in [6.45, 7) is 1.26. The molecule has 6 heteroatoms. The summed E-state index contributed by atoms with van der Waals surface area (Å²) in [7, 11) is 1.97. The molecule has 23 heavy (non-hydrogen) atoms. The van der Waals surface area contributed by atoms with E-state index < -0.39 is 5.82 Å². The number of rotatable bonds is 4. The van der Waals surface area contributed by atoms with Gasteiger partial charge in [0, 0.05) is 18.8 Å². The molecule has 1 aliphatic rings. The molecule has 1 heterocycles. The molecule has 120 valence electrons. The zero-order chi connectivity index (χ0) is 16.2. The van der Waals surface area contributed by atoms with E-state index in [2.05, 4.69) is 10.2 Å². The number of hydrogen-bond acceptors (Lipinski definition) is 4. The molecular formula is C17H17FN2O3. The summed E-state index contributed by atoms with van der Waals surface area (Å²) in [5, 5.41) is 2.76. The molecule has 0 aliphatic carbocycles. The van der Waals surface area contributed by atoms with Crippen LogP contribution in [0.25, 0.3) is 0 Å². The summed E-state index contributed by atoms with van der Waals surface area (Å²) in [6.07, 6.45) is 0. The van der Waals surface area contributed by atoms with Crippen LogP contribution in [0.5, 0.6) is 11.5 Å². The molecule has 0 fully saturated rings. The molecule has 0 atom stereocenters. The maximum absolute atomic E-state index is 13.0. The Hall–Kier alpha value is -2.76. The lowest BCUT2D eigenvalue weighted by atomic mass is 10.2. The molecule has 2 aromatic carbocycles. The first-order chi connectivity index (χ1) is 11.1. The Kier molecular flexibility index (Phi) is 4.32. The Labute approximate surface area is 133 Å². The van der Waals surface area contributed by atoms with Gasteiger partial charge in [-0.1, -0.05) is 6.07 Å². The minimum atomic E-state index is -0.402. The molecule has 1 aliphatic heterocycles. The molecule has 3 rings (SSSR count). The van der Waals surface area contributed by atoms with Gasteiger partial charge in [-0.05, 0) is 30.3 Å². The van der Waals surface area contributed by atoms with Crippen LogP contribution < -0.4 is 19.7 Å². The molecule has 0 unspecified atom stereocenters. The fourth-order valence-corrected chi connectivity index (χ4v) is 2.33. The van der Waals surface area contributed by atoms with Crippen molar-refractivity contribution in [3.05, 3.63) is 48.3 Å². The van der Waals surface area contributed by atoms with Crippen molar-refractivity contribution < 1.29 is 18.7 Å². The number of anilines is 2. The number of halogens is 1. The van der Waals surface area contributed by atoms with Gasteiger partial charge in [0.15, 0.2) is 6.61 Å². The number of carbonyl (C=O) groups excluding carboxylic acids is 1. The fraction of sp³-hybridized carbons (Fsp3) is 0.235. The second kappa shape index (κ2) is 6.56. The summed E-state index contributed by atoms with van der Waals surface area (Å²) >= 11 is 0. The third kappa shape index (κ3) is 3.71. The largest absolute Gasteiger partial charge is 0.490 e. The van der Waals surface area contributed by atoms with E-state index in [1.54, 1.807) is 12.1 Å². The number of ether oxygens (including phenoxy) is 2. The normalized spacial score (nSPS) is 13.0. The van der Waals surface area contributed by atoms with Crippen molar-refractivity contribution in [1.29, 1.82) is 0 Å². The van der Waals surface area contributed by atoms with Gasteiger partial charge in [-0.2, -0.15) is 0 Å². The first-order valence-electron chi connectivity index (χ1n) is 7.28. The average molecular weight is 316 g/mol. The molecule has 2 aromatic rings. The van der Waals surface area contributed by atoms with Gasteiger partial charge in [-0.15, -0.1) is 0 Å².